The maximum atomic E-state index is 3.66. The van der Waals surface area contributed by atoms with E-state index < -0.39 is 0 Å². The van der Waals surface area contributed by atoms with Gasteiger partial charge >= 0.3 is 0 Å². The van der Waals surface area contributed by atoms with E-state index in [9.17, 15) is 0 Å². The third-order valence-electron chi connectivity index (χ3n) is 3.58. The molecular formula is C14H22N2. The highest BCUT2D eigenvalue weighted by Crippen LogP contribution is 2.23. The summed E-state index contributed by atoms with van der Waals surface area (Å²) in [5.41, 5.74) is 1.42. The highest BCUT2D eigenvalue weighted by atomic mass is 15.2. The summed E-state index contributed by atoms with van der Waals surface area (Å²) in [4.78, 5) is 2.47. The Morgan fingerprint density at radius 3 is 2.50 bits per heavy atom. The second-order valence-corrected chi connectivity index (χ2v) is 5.12. The fourth-order valence-corrected chi connectivity index (χ4v) is 2.41. The van der Waals surface area contributed by atoms with Crippen molar-refractivity contribution in [2.45, 2.75) is 25.9 Å². The lowest BCUT2D eigenvalue weighted by molar-refractivity contribution is 0.143. The molecule has 2 nitrogen and oxygen atoms in total. The quantitative estimate of drug-likeness (QED) is 0.819. The first kappa shape index (κ1) is 11.6. The van der Waals surface area contributed by atoms with E-state index >= 15 is 0 Å². The van der Waals surface area contributed by atoms with Crippen molar-refractivity contribution in [1.29, 1.82) is 0 Å². The van der Waals surface area contributed by atoms with Gasteiger partial charge in [0.25, 0.3) is 0 Å². The van der Waals surface area contributed by atoms with Gasteiger partial charge in [-0.3, -0.25) is 4.90 Å². The zero-order valence-corrected chi connectivity index (χ0v) is 10.5. The molecule has 1 aliphatic rings. The number of likely N-dealkylation sites (N-methyl/N-ethyl adjacent to an activating group) is 1. The highest BCUT2D eigenvalue weighted by Gasteiger charge is 2.27. The summed E-state index contributed by atoms with van der Waals surface area (Å²) < 4.78 is 0. The standard InChI is InChI=1S/C14H22N2/c1-11(2)13-10-16(3)14(9-15-13)12-7-5-4-6-8-12/h4-8,11,13-15H,9-10H2,1-3H3/t13-,14?/m1/s1. The average Bonchev–Trinajstić information content (AvgIpc) is 2.30. The van der Waals surface area contributed by atoms with Gasteiger partial charge in [-0.15, -0.1) is 0 Å². The number of nitrogens with one attached hydrogen (secondary N) is 1. The van der Waals surface area contributed by atoms with Gasteiger partial charge in [-0.05, 0) is 18.5 Å². The van der Waals surface area contributed by atoms with E-state index in [-0.39, 0.29) is 0 Å². The van der Waals surface area contributed by atoms with Crippen molar-refractivity contribution in [2.24, 2.45) is 5.92 Å². The molecule has 1 N–H and O–H groups in total. The van der Waals surface area contributed by atoms with Crippen LogP contribution < -0.4 is 5.32 Å². The van der Waals surface area contributed by atoms with E-state index in [2.05, 4.69) is 61.4 Å². The largest absolute Gasteiger partial charge is 0.311 e. The van der Waals surface area contributed by atoms with Crippen molar-refractivity contribution < 1.29 is 0 Å². The van der Waals surface area contributed by atoms with Gasteiger partial charge in [0.05, 0.1) is 0 Å². The van der Waals surface area contributed by atoms with Crippen molar-refractivity contribution >= 4 is 0 Å². The molecule has 2 rings (SSSR count). The fraction of sp³-hybridized carbons (Fsp3) is 0.571. The second-order valence-electron chi connectivity index (χ2n) is 5.12. The molecule has 1 aliphatic heterocycles. The Bertz CT molecular complexity index is 321. The summed E-state index contributed by atoms with van der Waals surface area (Å²) in [5, 5.41) is 3.66. The third kappa shape index (κ3) is 2.45. The van der Waals surface area contributed by atoms with Crippen LogP contribution in [0, 0.1) is 5.92 Å². The molecular weight excluding hydrogens is 196 g/mol. The molecule has 0 radical (unpaired) electrons. The monoisotopic (exact) mass is 218 g/mol. The molecule has 0 bridgehead atoms. The third-order valence-corrected chi connectivity index (χ3v) is 3.58. The molecule has 1 saturated heterocycles. The van der Waals surface area contributed by atoms with Crippen LogP contribution in [0.1, 0.15) is 25.5 Å². The predicted octanol–water partition coefficient (Wildman–Crippen LogP) is 2.29. The topological polar surface area (TPSA) is 15.3 Å². The van der Waals surface area contributed by atoms with Gasteiger partial charge in [0.15, 0.2) is 0 Å². The number of hydrogen-bond donors (Lipinski definition) is 1. The Morgan fingerprint density at radius 1 is 1.25 bits per heavy atom. The lowest BCUT2D eigenvalue weighted by atomic mass is 9.96. The van der Waals surface area contributed by atoms with E-state index in [1.165, 1.54) is 5.56 Å². The normalized spacial score (nSPS) is 27.2. The van der Waals surface area contributed by atoms with E-state index in [1.807, 2.05) is 0 Å². The van der Waals surface area contributed by atoms with E-state index in [0.717, 1.165) is 13.1 Å². The van der Waals surface area contributed by atoms with Gasteiger partial charge in [0, 0.05) is 25.2 Å². The van der Waals surface area contributed by atoms with Crippen LogP contribution in [-0.2, 0) is 0 Å². The van der Waals surface area contributed by atoms with Gasteiger partial charge in [0.1, 0.15) is 0 Å². The Morgan fingerprint density at radius 2 is 1.94 bits per heavy atom. The smallest absolute Gasteiger partial charge is 0.0470 e. The van der Waals surface area contributed by atoms with Gasteiger partial charge in [-0.1, -0.05) is 44.2 Å². The zero-order valence-electron chi connectivity index (χ0n) is 10.5. The van der Waals surface area contributed by atoms with Gasteiger partial charge in [0.2, 0.25) is 0 Å². The van der Waals surface area contributed by atoms with Crippen LogP contribution in [0.2, 0.25) is 0 Å². The maximum absolute atomic E-state index is 3.66. The van der Waals surface area contributed by atoms with Crippen molar-refractivity contribution in [3.8, 4) is 0 Å². The molecule has 2 heteroatoms. The summed E-state index contributed by atoms with van der Waals surface area (Å²) in [6, 6.07) is 11.9. The molecule has 1 heterocycles. The summed E-state index contributed by atoms with van der Waals surface area (Å²) in [7, 11) is 2.23. The minimum atomic E-state index is 0.524. The maximum Gasteiger partial charge on any atom is 0.0470 e. The number of nitrogens with zero attached hydrogens (tertiary/aromatic N) is 1. The van der Waals surface area contributed by atoms with Crippen molar-refractivity contribution in [3.63, 3.8) is 0 Å². The Hall–Kier alpha value is -0.860. The van der Waals surface area contributed by atoms with Crippen LogP contribution in [0.25, 0.3) is 0 Å². The Balaban J connectivity index is 2.05. The molecule has 1 fully saturated rings. The van der Waals surface area contributed by atoms with Crippen molar-refractivity contribution in [3.05, 3.63) is 35.9 Å². The summed E-state index contributed by atoms with van der Waals surface area (Å²) in [5.74, 6) is 0.708. The SMILES string of the molecule is CC(C)[C@H]1CN(C)C(c2ccccc2)CN1. The first-order chi connectivity index (χ1) is 7.68. The molecule has 1 aromatic rings. The molecule has 0 aromatic heterocycles. The van der Waals surface area contributed by atoms with E-state index in [0.29, 0.717) is 18.0 Å². The molecule has 88 valence electrons. The Kier molecular flexibility index (Phi) is 3.62. The lowest BCUT2D eigenvalue weighted by Crippen LogP contribution is -2.52. The number of rotatable bonds is 2. The van der Waals surface area contributed by atoms with Crippen LogP contribution in [0.15, 0.2) is 30.3 Å². The van der Waals surface area contributed by atoms with E-state index in [1.54, 1.807) is 0 Å². The minimum Gasteiger partial charge on any atom is -0.311 e. The summed E-state index contributed by atoms with van der Waals surface area (Å²) >= 11 is 0. The molecule has 1 aromatic carbocycles. The van der Waals surface area contributed by atoms with Gasteiger partial charge < -0.3 is 5.32 Å². The zero-order chi connectivity index (χ0) is 11.5. The minimum absolute atomic E-state index is 0.524. The van der Waals surface area contributed by atoms with Gasteiger partial charge in [-0.2, -0.15) is 0 Å². The first-order valence-corrected chi connectivity index (χ1v) is 6.17. The van der Waals surface area contributed by atoms with E-state index in [4.69, 9.17) is 0 Å². The van der Waals surface area contributed by atoms with Crippen molar-refractivity contribution in [2.75, 3.05) is 20.1 Å². The first-order valence-electron chi connectivity index (χ1n) is 6.17. The predicted molar refractivity (Wildman–Crippen MR) is 68.4 cm³/mol. The van der Waals surface area contributed by atoms with Crippen LogP contribution in [0.4, 0.5) is 0 Å². The van der Waals surface area contributed by atoms with Crippen molar-refractivity contribution in [1.82, 2.24) is 10.2 Å². The molecule has 2 atom stereocenters. The summed E-state index contributed by atoms with van der Waals surface area (Å²) in [6.45, 7) is 6.77. The molecule has 0 amide bonds. The molecule has 0 aliphatic carbocycles. The van der Waals surface area contributed by atoms with Crippen LogP contribution in [0.5, 0.6) is 0 Å². The van der Waals surface area contributed by atoms with Crippen LogP contribution in [0.3, 0.4) is 0 Å². The van der Waals surface area contributed by atoms with Crippen LogP contribution in [-0.4, -0.2) is 31.1 Å². The number of hydrogen-bond acceptors (Lipinski definition) is 2. The molecule has 1 unspecified atom stereocenters. The number of benzene rings is 1. The second kappa shape index (κ2) is 4.98. The molecule has 16 heavy (non-hydrogen) atoms. The Labute approximate surface area is 98.7 Å². The molecule has 0 spiro atoms. The lowest BCUT2D eigenvalue weighted by Gasteiger charge is -2.40. The van der Waals surface area contributed by atoms with Crippen LogP contribution >= 0.6 is 0 Å². The number of piperazine rings is 1. The fourth-order valence-electron chi connectivity index (χ4n) is 2.41. The molecule has 0 saturated carbocycles. The average molecular weight is 218 g/mol. The summed E-state index contributed by atoms with van der Waals surface area (Å²) in [6.07, 6.45) is 0. The highest BCUT2D eigenvalue weighted by molar-refractivity contribution is 5.20. The van der Waals surface area contributed by atoms with Gasteiger partial charge in [-0.25, -0.2) is 0 Å².